The van der Waals surface area contributed by atoms with Crippen LogP contribution in [0.4, 0.5) is 0 Å². The van der Waals surface area contributed by atoms with E-state index in [1.54, 1.807) is 17.2 Å². The molecule has 1 saturated carbocycles. The number of carbonyl (C=O) groups excluding carboxylic acids is 2. The molecule has 2 saturated heterocycles. The van der Waals surface area contributed by atoms with Gasteiger partial charge in [-0.05, 0) is 57.4 Å². The molecule has 3 heterocycles. The van der Waals surface area contributed by atoms with Crippen LogP contribution in [-0.4, -0.2) is 67.7 Å². The molecule has 2 N–H and O–H groups in total. The predicted molar refractivity (Wildman–Crippen MR) is 90.8 cm³/mol. The van der Waals surface area contributed by atoms with E-state index in [1.807, 2.05) is 4.90 Å². The highest BCUT2D eigenvalue weighted by atomic mass is 16.3. The van der Waals surface area contributed by atoms with Crippen molar-refractivity contribution in [2.45, 2.75) is 69.1 Å². The number of hydrogen-bond acceptors (Lipinski definition) is 4. The third-order valence-electron chi connectivity index (χ3n) is 6.22. The van der Waals surface area contributed by atoms with Crippen molar-refractivity contribution in [3.63, 3.8) is 0 Å². The Morgan fingerprint density at radius 1 is 1.20 bits per heavy atom. The van der Waals surface area contributed by atoms with Crippen LogP contribution in [-0.2, 0) is 4.79 Å². The number of aromatic nitrogens is 2. The first kappa shape index (κ1) is 16.6. The average Bonchev–Trinajstić information content (AvgIpc) is 3.29. The van der Waals surface area contributed by atoms with Crippen molar-refractivity contribution in [3.05, 3.63) is 18.0 Å². The maximum Gasteiger partial charge on any atom is 0.272 e. The van der Waals surface area contributed by atoms with Crippen LogP contribution >= 0.6 is 0 Å². The third-order valence-corrected chi connectivity index (χ3v) is 6.22. The van der Waals surface area contributed by atoms with E-state index in [-0.39, 0.29) is 24.0 Å². The molecule has 25 heavy (non-hydrogen) atoms. The second-order valence-corrected chi connectivity index (χ2v) is 7.63. The third kappa shape index (κ3) is 2.74. The van der Waals surface area contributed by atoms with E-state index in [0.717, 1.165) is 57.9 Å². The summed E-state index contributed by atoms with van der Waals surface area (Å²) >= 11 is 0. The zero-order valence-electron chi connectivity index (χ0n) is 14.5. The van der Waals surface area contributed by atoms with Crippen molar-refractivity contribution in [1.82, 2.24) is 20.0 Å². The van der Waals surface area contributed by atoms with E-state index < -0.39 is 5.54 Å². The number of carbonyl (C=O) groups is 2. The van der Waals surface area contributed by atoms with Gasteiger partial charge in [0.25, 0.3) is 5.91 Å². The standard InChI is InChI=1S/C18H26N4O3/c23-14-5-3-13(4-6-14)21-11-1-8-18(17(21)25)9-2-12-22(18)16(24)15-7-10-19-20-15/h7,10,13-14,23H,1-6,8-9,11-12H2,(H,19,20). The maximum atomic E-state index is 13.5. The van der Waals surface area contributed by atoms with Crippen LogP contribution < -0.4 is 0 Å². The van der Waals surface area contributed by atoms with E-state index >= 15 is 0 Å². The highest BCUT2D eigenvalue weighted by Crippen LogP contribution is 2.40. The van der Waals surface area contributed by atoms with Crippen molar-refractivity contribution in [3.8, 4) is 0 Å². The van der Waals surface area contributed by atoms with Gasteiger partial charge in [-0.3, -0.25) is 14.7 Å². The first-order valence-electron chi connectivity index (χ1n) is 9.42. The Kier molecular flexibility index (Phi) is 4.27. The molecule has 0 radical (unpaired) electrons. The highest BCUT2D eigenvalue weighted by Gasteiger charge is 2.54. The monoisotopic (exact) mass is 346 g/mol. The number of aliphatic hydroxyl groups excluding tert-OH is 1. The fourth-order valence-corrected chi connectivity index (χ4v) is 4.91. The summed E-state index contributed by atoms with van der Waals surface area (Å²) in [5.41, 5.74) is -0.233. The van der Waals surface area contributed by atoms with Crippen LogP contribution in [0.25, 0.3) is 0 Å². The number of aliphatic hydroxyl groups is 1. The van der Waals surface area contributed by atoms with Crippen LogP contribution in [0.5, 0.6) is 0 Å². The number of H-pyrrole nitrogens is 1. The summed E-state index contributed by atoms with van der Waals surface area (Å²) in [6, 6.07) is 1.87. The molecule has 136 valence electrons. The van der Waals surface area contributed by atoms with E-state index in [2.05, 4.69) is 10.2 Å². The molecule has 3 aliphatic rings. The Balaban J connectivity index is 1.57. The second-order valence-electron chi connectivity index (χ2n) is 7.63. The quantitative estimate of drug-likeness (QED) is 0.845. The zero-order valence-corrected chi connectivity index (χ0v) is 14.5. The molecule has 7 heteroatoms. The topological polar surface area (TPSA) is 89.5 Å². The number of likely N-dealkylation sites (tertiary alicyclic amines) is 2. The minimum Gasteiger partial charge on any atom is -0.393 e. The molecule has 0 bridgehead atoms. The van der Waals surface area contributed by atoms with Gasteiger partial charge in [-0.2, -0.15) is 5.10 Å². The Bertz CT molecular complexity index is 639. The van der Waals surface area contributed by atoms with Gasteiger partial charge in [0.15, 0.2) is 0 Å². The Morgan fingerprint density at radius 2 is 1.92 bits per heavy atom. The number of piperidine rings is 1. The highest BCUT2D eigenvalue weighted by molar-refractivity contribution is 5.99. The van der Waals surface area contributed by atoms with Crippen LogP contribution in [0.3, 0.4) is 0 Å². The van der Waals surface area contributed by atoms with Crippen molar-refractivity contribution < 1.29 is 14.7 Å². The number of amides is 2. The van der Waals surface area contributed by atoms with Gasteiger partial charge in [0.1, 0.15) is 11.2 Å². The van der Waals surface area contributed by atoms with Crippen molar-refractivity contribution in [1.29, 1.82) is 0 Å². The van der Waals surface area contributed by atoms with Crippen LogP contribution in [0.2, 0.25) is 0 Å². The molecular weight excluding hydrogens is 320 g/mol. The number of rotatable bonds is 2. The number of nitrogens with one attached hydrogen (secondary N) is 1. The summed E-state index contributed by atoms with van der Waals surface area (Å²) in [4.78, 5) is 30.2. The largest absolute Gasteiger partial charge is 0.393 e. The van der Waals surface area contributed by atoms with E-state index in [1.165, 1.54) is 0 Å². The van der Waals surface area contributed by atoms with Crippen molar-refractivity contribution >= 4 is 11.8 Å². The fraction of sp³-hybridized carbons (Fsp3) is 0.722. The Labute approximate surface area is 147 Å². The Morgan fingerprint density at radius 3 is 2.60 bits per heavy atom. The summed E-state index contributed by atoms with van der Waals surface area (Å²) < 4.78 is 0. The molecule has 1 aromatic rings. The molecule has 3 fully saturated rings. The van der Waals surface area contributed by atoms with Gasteiger partial charge >= 0.3 is 0 Å². The summed E-state index contributed by atoms with van der Waals surface area (Å²) in [7, 11) is 0. The first-order chi connectivity index (χ1) is 12.1. The fourth-order valence-electron chi connectivity index (χ4n) is 4.91. The van der Waals surface area contributed by atoms with Crippen LogP contribution in [0.15, 0.2) is 12.3 Å². The Hall–Kier alpha value is -1.89. The molecule has 1 atom stereocenters. The van der Waals surface area contributed by atoms with Crippen LogP contribution in [0.1, 0.15) is 61.9 Å². The van der Waals surface area contributed by atoms with Crippen molar-refractivity contribution in [2.24, 2.45) is 0 Å². The molecule has 2 aliphatic heterocycles. The summed E-state index contributed by atoms with van der Waals surface area (Å²) in [6.07, 6.45) is 7.87. The predicted octanol–water partition coefficient (Wildman–Crippen LogP) is 1.31. The van der Waals surface area contributed by atoms with E-state index in [0.29, 0.717) is 12.2 Å². The minimum absolute atomic E-state index is 0.116. The van der Waals surface area contributed by atoms with Gasteiger partial charge in [0.05, 0.1) is 6.10 Å². The summed E-state index contributed by atoms with van der Waals surface area (Å²) in [5.74, 6) is -0.00484. The molecule has 1 unspecified atom stereocenters. The van der Waals surface area contributed by atoms with Gasteiger partial charge in [-0.25, -0.2) is 0 Å². The first-order valence-corrected chi connectivity index (χ1v) is 9.42. The van der Waals surface area contributed by atoms with Gasteiger partial charge in [0, 0.05) is 25.3 Å². The van der Waals surface area contributed by atoms with Crippen LogP contribution in [0, 0.1) is 0 Å². The SMILES string of the molecule is O=C(c1ccn[nH]1)N1CCCC12CCCN(C1CCC(O)CC1)C2=O. The van der Waals surface area contributed by atoms with Gasteiger partial charge < -0.3 is 14.9 Å². The molecule has 0 aromatic carbocycles. The smallest absolute Gasteiger partial charge is 0.272 e. The molecule has 4 rings (SSSR count). The van der Waals surface area contributed by atoms with E-state index in [9.17, 15) is 14.7 Å². The lowest BCUT2D eigenvalue weighted by Gasteiger charge is -2.48. The van der Waals surface area contributed by atoms with E-state index in [4.69, 9.17) is 0 Å². The lowest BCUT2D eigenvalue weighted by molar-refractivity contribution is -0.149. The lowest BCUT2D eigenvalue weighted by Crippen LogP contribution is -2.63. The summed E-state index contributed by atoms with van der Waals surface area (Å²) in [6.45, 7) is 1.40. The molecule has 1 aliphatic carbocycles. The molecule has 2 amide bonds. The molecule has 1 spiro atoms. The zero-order chi connectivity index (χ0) is 17.4. The normalized spacial score (nSPS) is 33.2. The minimum atomic E-state index is -0.684. The maximum absolute atomic E-state index is 13.5. The lowest BCUT2D eigenvalue weighted by atomic mass is 9.82. The molecule has 1 aromatic heterocycles. The molecular formula is C18H26N4O3. The van der Waals surface area contributed by atoms with Crippen molar-refractivity contribution in [2.75, 3.05) is 13.1 Å². The van der Waals surface area contributed by atoms with Gasteiger partial charge in [-0.1, -0.05) is 0 Å². The average molecular weight is 346 g/mol. The number of nitrogens with zero attached hydrogens (tertiary/aromatic N) is 3. The number of hydrogen-bond donors (Lipinski definition) is 2. The molecule has 7 nitrogen and oxygen atoms in total. The second kappa shape index (κ2) is 6.44. The summed E-state index contributed by atoms with van der Waals surface area (Å²) in [5, 5.41) is 16.4. The van der Waals surface area contributed by atoms with Gasteiger partial charge in [-0.15, -0.1) is 0 Å². The number of aromatic amines is 1. The van der Waals surface area contributed by atoms with Gasteiger partial charge in [0.2, 0.25) is 5.91 Å².